The zero-order valence-electron chi connectivity index (χ0n) is 6.94. The van der Waals surface area contributed by atoms with Gasteiger partial charge < -0.3 is 4.74 Å². The van der Waals surface area contributed by atoms with Crippen molar-refractivity contribution in [3.8, 4) is 0 Å². The molecule has 3 aliphatic rings. The van der Waals surface area contributed by atoms with E-state index >= 15 is 0 Å². The SMILES string of the molecule is CC12CC3OC1C(OS2(=O)=O)C3I. The lowest BCUT2D eigenvalue weighted by Crippen LogP contribution is -2.43. The molecule has 3 aliphatic heterocycles. The van der Waals surface area contributed by atoms with Gasteiger partial charge >= 0.3 is 0 Å². The first-order valence-corrected chi connectivity index (χ1v) is 6.83. The lowest BCUT2D eigenvalue weighted by atomic mass is 9.88. The van der Waals surface area contributed by atoms with Gasteiger partial charge in [-0.2, -0.15) is 8.42 Å². The summed E-state index contributed by atoms with van der Waals surface area (Å²) in [6.45, 7) is 1.73. The van der Waals surface area contributed by atoms with E-state index < -0.39 is 14.9 Å². The van der Waals surface area contributed by atoms with Crippen molar-refractivity contribution in [2.75, 3.05) is 0 Å². The summed E-state index contributed by atoms with van der Waals surface area (Å²) in [4.78, 5) is 0. The Morgan fingerprint density at radius 2 is 2.23 bits per heavy atom. The van der Waals surface area contributed by atoms with E-state index in [1.165, 1.54) is 0 Å². The van der Waals surface area contributed by atoms with Gasteiger partial charge in [0.05, 0.1) is 10.0 Å². The predicted octanol–water partition coefficient (Wildman–Crippen LogP) is 0.448. The first-order chi connectivity index (χ1) is 5.96. The number of fused-ring (bicyclic) bond motifs is 1. The molecule has 3 heterocycles. The van der Waals surface area contributed by atoms with Crippen LogP contribution in [0.3, 0.4) is 0 Å². The molecule has 3 fully saturated rings. The van der Waals surface area contributed by atoms with Crippen molar-refractivity contribution < 1.29 is 17.3 Å². The van der Waals surface area contributed by atoms with Crippen molar-refractivity contribution in [2.45, 2.75) is 40.3 Å². The second-order valence-electron chi connectivity index (χ2n) is 4.07. The van der Waals surface area contributed by atoms with Gasteiger partial charge in [-0.15, -0.1) is 0 Å². The number of alkyl halides is 1. The smallest absolute Gasteiger partial charge is 0.276 e. The summed E-state index contributed by atoms with van der Waals surface area (Å²) in [5, 5.41) is 0. The van der Waals surface area contributed by atoms with Gasteiger partial charge in [0.15, 0.2) is 0 Å². The first kappa shape index (κ1) is 8.87. The van der Waals surface area contributed by atoms with E-state index in [2.05, 4.69) is 22.6 Å². The molecule has 0 aliphatic carbocycles. The normalized spacial score (nSPS) is 61.7. The van der Waals surface area contributed by atoms with Crippen molar-refractivity contribution in [2.24, 2.45) is 0 Å². The van der Waals surface area contributed by atoms with Crippen LogP contribution < -0.4 is 0 Å². The van der Waals surface area contributed by atoms with Crippen LogP contribution in [0.25, 0.3) is 0 Å². The Balaban J connectivity index is 2.18. The maximum absolute atomic E-state index is 11.6. The minimum Gasteiger partial charge on any atom is -0.369 e. The minimum absolute atomic E-state index is 0.0675. The fourth-order valence-corrected chi connectivity index (χ4v) is 5.21. The summed E-state index contributed by atoms with van der Waals surface area (Å²) >= 11 is 2.22. The van der Waals surface area contributed by atoms with E-state index in [9.17, 15) is 8.42 Å². The molecule has 0 spiro atoms. The maximum Gasteiger partial charge on any atom is 0.276 e. The molecule has 6 heteroatoms. The molecular formula is C7H9IO4S. The van der Waals surface area contributed by atoms with Gasteiger partial charge in [-0.3, -0.25) is 4.18 Å². The third kappa shape index (κ3) is 0.818. The van der Waals surface area contributed by atoms with Gasteiger partial charge in [0.2, 0.25) is 0 Å². The lowest BCUT2D eigenvalue weighted by Gasteiger charge is -2.22. The first-order valence-electron chi connectivity index (χ1n) is 4.18. The molecule has 0 aromatic heterocycles. The lowest BCUT2D eigenvalue weighted by molar-refractivity contribution is 0.0764. The van der Waals surface area contributed by atoms with Crippen LogP contribution >= 0.6 is 22.6 Å². The largest absolute Gasteiger partial charge is 0.369 e. The molecule has 5 atom stereocenters. The Hall–Kier alpha value is 0.600. The van der Waals surface area contributed by atoms with Crippen LogP contribution in [0.4, 0.5) is 0 Å². The van der Waals surface area contributed by atoms with Crippen LogP contribution in [0.15, 0.2) is 0 Å². The molecule has 2 bridgehead atoms. The number of rotatable bonds is 0. The Labute approximate surface area is 90.2 Å². The van der Waals surface area contributed by atoms with E-state index in [-0.39, 0.29) is 22.2 Å². The minimum atomic E-state index is -3.39. The van der Waals surface area contributed by atoms with E-state index in [4.69, 9.17) is 8.92 Å². The highest BCUT2D eigenvalue weighted by molar-refractivity contribution is 14.1. The standard InChI is InChI=1S/C7H9IO4S/c1-7-2-3-4(8)5(6(7)11-3)12-13(7,9)10/h3-6H,2H2,1H3. The number of hydrogen-bond acceptors (Lipinski definition) is 4. The molecule has 3 rings (SSSR count). The van der Waals surface area contributed by atoms with Gasteiger partial charge in [0.25, 0.3) is 10.1 Å². The third-order valence-electron chi connectivity index (χ3n) is 3.31. The highest BCUT2D eigenvalue weighted by Crippen LogP contribution is 2.55. The summed E-state index contributed by atoms with van der Waals surface area (Å²) in [5.74, 6) is 0. The van der Waals surface area contributed by atoms with E-state index in [0.29, 0.717) is 6.42 Å². The highest BCUT2D eigenvalue weighted by atomic mass is 127. The van der Waals surface area contributed by atoms with Crippen molar-refractivity contribution in [1.82, 2.24) is 0 Å². The molecule has 74 valence electrons. The van der Waals surface area contributed by atoms with Crippen molar-refractivity contribution >= 4 is 32.7 Å². The van der Waals surface area contributed by atoms with Crippen LogP contribution in [-0.4, -0.2) is 35.4 Å². The molecule has 5 unspecified atom stereocenters. The molecule has 3 saturated heterocycles. The van der Waals surface area contributed by atoms with Crippen LogP contribution in [0.5, 0.6) is 0 Å². The molecule has 13 heavy (non-hydrogen) atoms. The van der Waals surface area contributed by atoms with E-state index in [0.717, 1.165) is 0 Å². The molecule has 0 aromatic rings. The molecule has 0 radical (unpaired) electrons. The summed E-state index contributed by atoms with van der Waals surface area (Å²) in [7, 11) is -3.39. The fraction of sp³-hybridized carbons (Fsp3) is 1.00. The average molecular weight is 316 g/mol. The Bertz CT molecular complexity index is 367. The van der Waals surface area contributed by atoms with Crippen molar-refractivity contribution in [3.05, 3.63) is 0 Å². The predicted molar refractivity (Wildman–Crippen MR) is 53.3 cm³/mol. The van der Waals surface area contributed by atoms with Crippen LogP contribution in [-0.2, 0) is 19.0 Å². The number of hydrogen-bond donors (Lipinski definition) is 0. The topological polar surface area (TPSA) is 52.6 Å². The van der Waals surface area contributed by atoms with Crippen molar-refractivity contribution in [3.63, 3.8) is 0 Å². The summed E-state index contributed by atoms with van der Waals surface area (Å²) in [6, 6.07) is 0. The molecular weight excluding hydrogens is 307 g/mol. The van der Waals surface area contributed by atoms with Gasteiger partial charge in [0, 0.05) is 0 Å². The van der Waals surface area contributed by atoms with E-state index in [1.54, 1.807) is 6.92 Å². The van der Waals surface area contributed by atoms with Gasteiger partial charge in [-0.05, 0) is 13.3 Å². The molecule has 0 saturated carbocycles. The highest BCUT2D eigenvalue weighted by Gasteiger charge is 2.71. The average Bonchev–Trinajstić information content (AvgIpc) is 2.53. The number of ether oxygens (including phenoxy) is 1. The van der Waals surface area contributed by atoms with Gasteiger partial charge in [0.1, 0.15) is 17.0 Å². The fourth-order valence-electron chi connectivity index (χ4n) is 2.49. The van der Waals surface area contributed by atoms with Crippen LogP contribution in [0.1, 0.15) is 13.3 Å². The second-order valence-corrected chi connectivity index (χ2v) is 7.54. The van der Waals surface area contributed by atoms with Gasteiger partial charge in [-0.25, -0.2) is 0 Å². The summed E-state index contributed by atoms with van der Waals surface area (Å²) in [5.41, 5.74) is 0. The summed E-state index contributed by atoms with van der Waals surface area (Å²) in [6.07, 6.45) is 0.182. The quantitative estimate of drug-likeness (QED) is 0.370. The molecule has 4 nitrogen and oxygen atoms in total. The maximum atomic E-state index is 11.6. The van der Waals surface area contributed by atoms with Crippen molar-refractivity contribution in [1.29, 1.82) is 0 Å². The Kier molecular flexibility index (Phi) is 1.52. The monoisotopic (exact) mass is 316 g/mol. The number of halogens is 1. The second kappa shape index (κ2) is 2.23. The van der Waals surface area contributed by atoms with Crippen LogP contribution in [0, 0.1) is 0 Å². The van der Waals surface area contributed by atoms with Crippen LogP contribution in [0.2, 0.25) is 0 Å². The van der Waals surface area contributed by atoms with E-state index in [1.807, 2.05) is 0 Å². The summed E-state index contributed by atoms with van der Waals surface area (Å²) < 4.78 is 33.4. The van der Waals surface area contributed by atoms with Gasteiger partial charge in [-0.1, -0.05) is 22.6 Å². The Morgan fingerprint density at radius 1 is 1.54 bits per heavy atom. The zero-order chi connectivity index (χ0) is 9.43. The molecule has 0 aromatic carbocycles. The molecule has 0 N–H and O–H groups in total. The Morgan fingerprint density at radius 3 is 2.77 bits per heavy atom. The molecule has 0 amide bonds. The zero-order valence-corrected chi connectivity index (χ0v) is 9.91. The third-order valence-corrected chi connectivity index (χ3v) is 6.83.